The molecule has 1 aromatic heterocycles. The number of ether oxygens (including phenoxy) is 1. The summed E-state index contributed by atoms with van der Waals surface area (Å²) in [6, 6.07) is 7.79. The second-order valence-corrected chi connectivity index (χ2v) is 5.09. The van der Waals surface area contributed by atoms with Crippen molar-refractivity contribution in [3.63, 3.8) is 0 Å². The molecule has 0 spiro atoms. The first-order valence-electron chi connectivity index (χ1n) is 7.06. The average Bonchev–Trinajstić information content (AvgIpc) is 2.88. The van der Waals surface area contributed by atoms with E-state index in [0.29, 0.717) is 6.54 Å². The topological polar surface area (TPSA) is 72.2 Å². The molecular weight excluding hydrogens is 268 g/mol. The Morgan fingerprint density at radius 3 is 2.76 bits per heavy atom. The molecule has 0 amide bonds. The van der Waals surface area contributed by atoms with Crippen molar-refractivity contribution in [3.8, 4) is 5.75 Å². The minimum atomic E-state index is -0.536. The SMILES string of the molecule is Cc1ccc(OCC(O)CNCCc2nncn2C)cc1. The Balaban J connectivity index is 1.60. The number of nitrogens with zero attached hydrogens (tertiary/aromatic N) is 3. The molecule has 0 saturated heterocycles. The van der Waals surface area contributed by atoms with Gasteiger partial charge in [0.2, 0.25) is 0 Å². The van der Waals surface area contributed by atoms with Crippen LogP contribution < -0.4 is 10.1 Å². The largest absolute Gasteiger partial charge is 0.491 e. The lowest BCUT2D eigenvalue weighted by Crippen LogP contribution is -2.32. The van der Waals surface area contributed by atoms with Gasteiger partial charge in [-0.25, -0.2) is 0 Å². The normalized spacial score (nSPS) is 12.3. The van der Waals surface area contributed by atoms with Crippen LogP contribution in [-0.2, 0) is 13.5 Å². The second-order valence-electron chi connectivity index (χ2n) is 5.09. The van der Waals surface area contributed by atoms with Crippen molar-refractivity contribution >= 4 is 0 Å². The number of aromatic nitrogens is 3. The summed E-state index contributed by atoms with van der Waals surface area (Å²) < 4.78 is 7.42. The molecule has 6 heteroatoms. The monoisotopic (exact) mass is 290 g/mol. The van der Waals surface area contributed by atoms with Crippen molar-refractivity contribution < 1.29 is 9.84 Å². The summed E-state index contributed by atoms with van der Waals surface area (Å²) in [7, 11) is 1.92. The fourth-order valence-electron chi connectivity index (χ4n) is 1.89. The van der Waals surface area contributed by atoms with Gasteiger partial charge in [-0.15, -0.1) is 10.2 Å². The van der Waals surface area contributed by atoms with Crippen molar-refractivity contribution in [2.75, 3.05) is 19.7 Å². The molecule has 0 radical (unpaired) electrons. The van der Waals surface area contributed by atoms with Gasteiger partial charge >= 0.3 is 0 Å². The Kier molecular flexibility index (Phi) is 5.71. The Bertz CT molecular complexity index is 539. The maximum Gasteiger partial charge on any atom is 0.133 e. The van der Waals surface area contributed by atoms with Gasteiger partial charge in [-0.05, 0) is 19.1 Å². The van der Waals surface area contributed by atoms with Crippen LogP contribution in [0.3, 0.4) is 0 Å². The van der Waals surface area contributed by atoms with Gasteiger partial charge in [0.05, 0.1) is 0 Å². The smallest absolute Gasteiger partial charge is 0.133 e. The van der Waals surface area contributed by atoms with Crippen LogP contribution in [0.2, 0.25) is 0 Å². The number of hydrogen-bond acceptors (Lipinski definition) is 5. The molecule has 114 valence electrons. The number of nitrogens with one attached hydrogen (secondary N) is 1. The van der Waals surface area contributed by atoms with Crippen LogP contribution in [0, 0.1) is 6.92 Å². The van der Waals surface area contributed by atoms with E-state index in [1.807, 2.05) is 42.8 Å². The van der Waals surface area contributed by atoms with Gasteiger partial charge < -0.3 is 19.7 Å². The highest BCUT2D eigenvalue weighted by molar-refractivity contribution is 5.26. The number of aliphatic hydroxyl groups excluding tert-OH is 1. The Morgan fingerprint density at radius 1 is 1.33 bits per heavy atom. The molecule has 0 aliphatic rings. The summed E-state index contributed by atoms with van der Waals surface area (Å²) in [5.41, 5.74) is 1.19. The van der Waals surface area contributed by atoms with E-state index in [1.165, 1.54) is 5.56 Å². The van der Waals surface area contributed by atoms with Gasteiger partial charge in [0, 0.05) is 26.6 Å². The lowest BCUT2D eigenvalue weighted by Gasteiger charge is -2.13. The van der Waals surface area contributed by atoms with Crippen molar-refractivity contribution in [2.45, 2.75) is 19.4 Å². The van der Waals surface area contributed by atoms with Crippen LogP contribution in [0.1, 0.15) is 11.4 Å². The third kappa shape index (κ3) is 5.17. The molecule has 6 nitrogen and oxygen atoms in total. The lowest BCUT2D eigenvalue weighted by molar-refractivity contribution is 0.106. The van der Waals surface area contributed by atoms with E-state index >= 15 is 0 Å². The van der Waals surface area contributed by atoms with E-state index in [1.54, 1.807) is 6.33 Å². The van der Waals surface area contributed by atoms with Gasteiger partial charge in [0.15, 0.2) is 0 Å². The highest BCUT2D eigenvalue weighted by Crippen LogP contribution is 2.11. The number of hydrogen-bond donors (Lipinski definition) is 2. The molecule has 0 aliphatic carbocycles. The molecule has 0 aliphatic heterocycles. The van der Waals surface area contributed by atoms with Gasteiger partial charge in [-0.1, -0.05) is 17.7 Å². The second kappa shape index (κ2) is 7.75. The van der Waals surface area contributed by atoms with E-state index in [2.05, 4.69) is 15.5 Å². The van der Waals surface area contributed by atoms with Crippen molar-refractivity contribution in [3.05, 3.63) is 42.0 Å². The zero-order valence-corrected chi connectivity index (χ0v) is 12.5. The fourth-order valence-corrected chi connectivity index (χ4v) is 1.89. The lowest BCUT2D eigenvalue weighted by atomic mass is 10.2. The molecule has 0 saturated carbocycles. The van der Waals surface area contributed by atoms with Crippen molar-refractivity contribution in [1.29, 1.82) is 0 Å². The Morgan fingerprint density at radius 2 is 2.10 bits per heavy atom. The van der Waals surface area contributed by atoms with Crippen molar-refractivity contribution in [1.82, 2.24) is 20.1 Å². The van der Waals surface area contributed by atoms with Gasteiger partial charge in [0.25, 0.3) is 0 Å². The van der Waals surface area contributed by atoms with E-state index < -0.39 is 6.10 Å². The van der Waals surface area contributed by atoms with E-state index in [0.717, 1.165) is 24.5 Å². The van der Waals surface area contributed by atoms with Crippen LogP contribution >= 0.6 is 0 Å². The quantitative estimate of drug-likeness (QED) is 0.700. The maximum absolute atomic E-state index is 9.86. The zero-order chi connectivity index (χ0) is 15.1. The van der Waals surface area contributed by atoms with Gasteiger partial charge in [0.1, 0.15) is 30.6 Å². The van der Waals surface area contributed by atoms with Crippen LogP contribution in [0.4, 0.5) is 0 Å². The number of aliphatic hydroxyl groups is 1. The van der Waals surface area contributed by atoms with E-state index in [9.17, 15) is 5.11 Å². The minimum absolute atomic E-state index is 0.278. The first kappa shape index (κ1) is 15.5. The summed E-state index contributed by atoms with van der Waals surface area (Å²) in [4.78, 5) is 0. The van der Waals surface area contributed by atoms with Crippen LogP contribution in [0.15, 0.2) is 30.6 Å². The molecule has 1 unspecified atom stereocenters. The Hall–Kier alpha value is -1.92. The number of benzene rings is 1. The van der Waals surface area contributed by atoms with Crippen LogP contribution in [0.5, 0.6) is 5.75 Å². The minimum Gasteiger partial charge on any atom is -0.491 e. The highest BCUT2D eigenvalue weighted by atomic mass is 16.5. The van der Waals surface area contributed by atoms with E-state index in [4.69, 9.17) is 4.74 Å². The molecule has 2 rings (SSSR count). The summed E-state index contributed by atoms with van der Waals surface area (Å²) in [5, 5.41) is 20.9. The molecule has 1 heterocycles. The van der Waals surface area contributed by atoms with E-state index in [-0.39, 0.29) is 6.61 Å². The summed E-state index contributed by atoms with van der Waals surface area (Å²) in [6.45, 7) is 3.54. The standard InChI is InChI=1S/C15H22N4O2/c1-12-3-5-14(6-4-12)21-10-13(20)9-16-8-7-15-18-17-11-19(15)2/h3-6,11,13,16,20H,7-10H2,1-2H3. The predicted octanol–water partition coefficient (Wildman–Crippen LogP) is 0.696. The summed E-state index contributed by atoms with van der Waals surface area (Å²) in [6.07, 6.45) is 1.92. The van der Waals surface area contributed by atoms with Crippen LogP contribution in [0.25, 0.3) is 0 Å². The number of rotatable bonds is 8. The molecule has 1 aromatic carbocycles. The van der Waals surface area contributed by atoms with Crippen LogP contribution in [-0.4, -0.2) is 45.7 Å². The van der Waals surface area contributed by atoms with Gasteiger partial charge in [-0.3, -0.25) is 0 Å². The Labute approximate surface area is 124 Å². The average molecular weight is 290 g/mol. The first-order chi connectivity index (χ1) is 10.1. The third-order valence-electron chi connectivity index (χ3n) is 3.17. The van der Waals surface area contributed by atoms with Gasteiger partial charge in [-0.2, -0.15) is 0 Å². The molecule has 0 fully saturated rings. The van der Waals surface area contributed by atoms with Crippen molar-refractivity contribution in [2.24, 2.45) is 7.05 Å². The number of aryl methyl sites for hydroxylation is 2. The first-order valence-corrected chi connectivity index (χ1v) is 7.06. The molecule has 21 heavy (non-hydrogen) atoms. The summed E-state index contributed by atoms with van der Waals surface area (Å²) in [5.74, 6) is 1.70. The molecule has 1 atom stereocenters. The molecular formula is C15H22N4O2. The highest BCUT2D eigenvalue weighted by Gasteiger charge is 2.06. The maximum atomic E-state index is 9.86. The molecule has 2 N–H and O–H groups in total. The summed E-state index contributed by atoms with van der Waals surface area (Å²) >= 11 is 0. The zero-order valence-electron chi connectivity index (χ0n) is 12.5. The third-order valence-corrected chi connectivity index (χ3v) is 3.17. The molecule has 0 bridgehead atoms. The fraction of sp³-hybridized carbons (Fsp3) is 0.467. The predicted molar refractivity (Wildman–Crippen MR) is 80.3 cm³/mol. The molecule has 2 aromatic rings.